The Kier molecular flexibility index (Phi) is 5.29. The summed E-state index contributed by atoms with van der Waals surface area (Å²) in [7, 11) is 0. The molecule has 0 unspecified atom stereocenters. The molecule has 0 atom stereocenters. The summed E-state index contributed by atoms with van der Waals surface area (Å²) in [5.74, 6) is 1.72. The Morgan fingerprint density at radius 2 is 2.11 bits per heavy atom. The zero-order valence-electron chi connectivity index (χ0n) is 15.9. The van der Waals surface area contributed by atoms with Crippen LogP contribution in [0, 0.1) is 13.8 Å². The van der Waals surface area contributed by atoms with E-state index in [2.05, 4.69) is 47.2 Å². The van der Waals surface area contributed by atoms with E-state index in [1.54, 1.807) is 11.8 Å². The van der Waals surface area contributed by atoms with Crippen molar-refractivity contribution >= 4 is 40.2 Å². The number of fused-ring (bicyclic) bond motifs is 1. The number of hydrogen-bond donors (Lipinski definition) is 1. The molecule has 1 amide bonds. The van der Waals surface area contributed by atoms with Gasteiger partial charge in [0.2, 0.25) is 5.91 Å². The number of carbonyl (C=O) groups is 1. The van der Waals surface area contributed by atoms with Gasteiger partial charge in [0, 0.05) is 35.6 Å². The van der Waals surface area contributed by atoms with Crippen LogP contribution in [0.3, 0.4) is 0 Å². The summed E-state index contributed by atoms with van der Waals surface area (Å²) < 4.78 is 2.03. The first-order valence-electron chi connectivity index (χ1n) is 9.33. The van der Waals surface area contributed by atoms with Gasteiger partial charge in [-0.1, -0.05) is 35.5 Å². The van der Waals surface area contributed by atoms with E-state index in [0.717, 1.165) is 45.9 Å². The quantitative estimate of drug-likeness (QED) is 0.462. The third kappa shape index (κ3) is 3.86. The van der Waals surface area contributed by atoms with Crippen LogP contribution in [0.15, 0.2) is 23.4 Å². The average Bonchev–Trinajstić information content (AvgIpc) is 3.42. The van der Waals surface area contributed by atoms with Gasteiger partial charge in [-0.25, -0.2) is 4.98 Å². The minimum absolute atomic E-state index is 0.280. The number of nitrogens with two attached hydrogens (primary N) is 1. The predicted octanol–water partition coefficient (Wildman–Crippen LogP) is 4.14. The van der Waals surface area contributed by atoms with E-state index in [0.29, 0.717) is 23.4 Å². The van der Waals surface area contributed by atoms with Gasteiger partial charge in [0.15, 0.2) is 5.16 Å². The second kappa shape index (κ2) is 7.72. The number of primary amides is 1. The van der Waals surface area contributed by atoms with Crippen molar-refractivity contribution in [1.82, 2.24) is 19.7 Å². The summed E-state index contributed by atoms with van der Waals surface area (Å²) in [5.41, 5.74) is 9.59. The molecule has 0 aliphatic heterocycles. The average molecular weight is 416 g/mol. The summed E-state index contributed by atoms with van der Waals surface area (Å²) in [4.78, 5) is 15.9. The Labute approximate surface area is 172 Å². The first-order valence-corrected chi connectivity index (χ1v) is 10.7. The van der Waals surface area contributed by atoms with E-state index in [1.807, 2.05) is 4.57 Å². The van der Waals surface area contributed by atoms with Gasteiger partial charge in [-0.2, -0.15) is 0 Å². The van der Waals surface area contributed by atoms with Crippen molar-refractivity contribution in [2.45, 2.75) is 56.5 Å². The summed E-state index contributed by atoms with van der Waals surface area (Å²) in [6.45, 7) is 4.65. The SMILES string of the molecule is Cc1ccc2cc(CSc3nnc(C4CC4)n3CCC(N)=O)c(Cl)nc2c1C. The molecule has 146 valence electrons. The number of carbonyl (C=O) groups excluding carboxylic acids is 1. The van der Waals surface area contributed by atoms with Crippen molar-refractivity contribution in [3.8, 4) is 0 Å². The van der Waals surface area contributed by atoms with Gasteiger partial charge in [0.1, 0.15) is 11.0 Å². The minimum Gasteiger partial charge on any atom is -0.370 e. The van der Waals surface area contributed by atoms with Crippen molar-refractivity contribution in [2.75, 3.05) is 0 Å². The monoisotopic (exact) mass is 415 g/mol. The number of aromatic nitrogens is 4. The predicted molar refractivity (Wildman–Crippen MR) is 112 cm³/mol. The maximum absolute atomic E-state index is 11.2. The highest BCUT2D eigenvalue weighted by atomic mass is 35.5. The summed E-state index contributed by atoms with van der Waals surface area (Å²) >= 11 is 8.03. The molecule has 0 saturated heterocycles. The van der Waals surface area contributed by atoms with E-state index < -0.39 is 0 Å². The highest BCUT2D eigenvalue weighted by molar-refractivity contribution is 7.98. The van der Waals surface area contributed by atoms with Crippen LogP contribution in [-0.2, 0) is 17.1 Å². The minimum atomic E-state index is -0.321. The second-order valence-electron chi connectivity index (χ2n) is 7.29. The second-order valence-corrected chi connectivity index (χ2v) is 8.59. The van der Waals surface area contributed by atoms with Gasteiger partial charge in [0.25, 0.3) is 0 Å². The van der Waals surface area contributed by atoms with Gasteiger partial charge >= 0.3 is 0 Å². The van der Waals surface area contributed by atoms with Crippen molar-refractivity contribution in [2.24, 2.45) is 5.73 Å². The van der Waals surface area contributed by atoms with Crippen LogP contribution >= 0.6 is 23.4 Å². The number of benzene rings is 1. The van der Waals surface area contributed by atoms with Crippen molar-refractivity contribution in [1.29, 1.82) is 0 Å². The summed E-state index contributed by atoms with van der Waals surface area (Å²) in [6, 6.07) is 6.28. The fraction of sp³-hybridized carbons (Fsp3) is 0.400. The molecule has 2 heterocycles. The molecule has 1 aromatic carbocycles. The number of aryl methyl sites for hydroxylation is 2. The van der Waals surface area contributed by atoms with Crippen LogP contribution in [0.5, 0.6) is 0 Å². The molecular weight excluding hydrogens is 394 g/mol. The zero-order chi connectivity index (χ0) is 19.8. The maximum Gasteiger partial charge on any atom is 0.219 e. The van der Waals surface area contributed by atoms with Crippen LogP contribution in [-0.4, -0.2) is 25.7 Å². The molecule has 2 aromatic heterocycles. The summed E-state index contributed by atoms with van der Waals surface area (Å²) in [5, 5.41) is 11.1. The van der Waals surface area contributed by atoms with Gasteiger partial charge in [0.05, 0.1) is 5.52 Å². The fourth-order valence-electron chi connectivity index (χ4n) is 3.23. The van der Waals surface area contributed by atoms with Gasteiger partial charge in [-0.05, 0) is 43.9 Å². The van der Waals surface area contributed by atoms with Crippen molar-refractivity contribution in [3.63, 3.8) is 0 Å². The highest BCUT2D eigenvalue weighted by Gasteiger charge is 2.30. The number of hydrogen-bond acceptors (Lipinski definition) is 5. The molecule has 4 rings (SSSR count). The van der Waals surface area contributed by atoms with Crippen molar-refractivity contribution < 1.29 is 4.79 Å². The number of amides is 1. The number of rotatable bonds is 7. The molecule has 1 aliphatic rings. The lowest BCUT2D eigenvalue weighted by Gasteiger charge is -2.11. The Balaban J connectivity index is 1.58. The molecule has 1 saturated carbocycles. The molecule has 2 N–H and O–H groups in total. The zero-order valence-corrected chi connectivity index (χ0v) is 17.5. The molecule has 28 heavy (non-hydrogen) atoms. The van der Waals surface area contributed by atoms with E-state index >= 15 is 0 Å². The number of nitrogens with zero attached hydrogens (tertiary/aromatic N) is 4. The first-order chi connectivity index (χ1) is 13.4. The molecule has 0 bridgehead atoms. The third-order valence-corrected chi connectivity index (χ3v) is 6.51. The number of thioether (sulfide) groups is 1. The van der Waals surface area contributed by atoms with Crippen LogP contribution in [0.4, 0.5) is 0 Å². The lowest BCUT2D eigenvalue weighted by Crippen LogP contribution is -2.15. The van der Waals surface area contributed by atoms with Crippen LogP contribution in [0.2, 0.25) is 5.15 Å². The van der Waals surface area contributed by atoms with E-state index in [4.69, 9.17) is 17.3 Å². The molecular formula is C20H22ClN5OS. The molecule has 6 nitrogen and oxygen atoms in total. The lowest BCUT2D eigenvalue weighted by molar-refractivity contribution is -0.118. The van der Waals surface area contributed by atoms with Gasteiger partial charge < -0.3 is 10.3 Å². The largest absolute Gasteiger partial charge is 0.370 e. The van der Waals surface area contributed by atoms with Crippen molar-refractivity contribution in [3.05, 3.63) is 45.9 Å². The molecule has 0 radical (unpaired) electrons. The fourth-order valence-corrected chi connectivity index (χ4v) is 4.46. The molecule has 8 heteroatoms. The standard InChI is InChI=1S/C20H22ClN5OS/c1-11-3-4-14-9-15(18(21)23-17(14)12(11)2)10-28-20-25-24-19(13-5-6-13)26(20)8-7-16(22)27/h3-4,9,13H,5-8,10H2,1-2H3,(H2,22,27). The van der Waals surface area contributed by atoms with Gasteiger partial charge in [-0.3, -0.25) is 4.79 Å². The van der Waals surface area contributed by atoms with Crippen LogP contribution < -0.4 is 5.73 Å². The normalized spacial score (nSPS) is 14.0. The molecule has 1 fully saturated rings. The number of halogens is 1. The molecule has 0 spiro atoms. The Morgan fingerprint density at radius 3 is 2.82 bits per heavy atom. The number of pyridine rings is 1. The Hall–Kier alpha value is -2.12. The van der Waals surface area contributed by atoms with E-state index in [1.165, 1.54) is 5.56 Å². The lowest BCUT2D eigenvalue weighted by atomic mass is 10.0. The smallest absolute Gasteiger partial charge is 0.219 e. The van der Waals surface area contributed by atoms with E-state index in [9.17, 15) is 4.79 Å². The molecule has 1 aliphatic carbocycles. The summed E-state index contributed by atoms with van der Waals surface area (Å²) in [6.07, 6.45) is 2.53. The molecule has 3 aromatic rings. The highest BCUT2D eigenvalue weighted by Crippen LogP contribution is 2.40. The first kappa shape index (κ1) is 19.2. The van der Waals surface area contributed by atoms with Crippen LogP contribution in [0.25, 0.3) is 10.9 Å². The van der Waals surface area contributed by atoms with Gasteiger partial charge in [-0.15, -0.1) is 10.2 Å². The maximum atomic E-state index is 11.2. The van der Waals surface area contributed by atoms with Crippen LogP contribution in [0.1, 0.15) is 47.7 Å². The Bertz CT molecular complexity index is 1060. The topological polar surface area (TPSA) is 86.7 Å². The third-order valence-electron chi connectivity index (χ3n) is 5.16. The Morgan fingerprint density at radius 1 is 1.32 bits per heavy atom. The van der Waals surface area contributed by atoms with E-state index in [-0.39, 0.29) is 12.3 Å².